The van der Waals surface area contributed by atoms with Crippen LogP contribution in [0.15, 0.2) is 65.1 Å². The highest BCUT2D eigenvalue weighted by Crippen LogP contribution is 2.23. The molecule has 0 N–H and O–H groups in total. The van der Waals surface area contributed by atoms with Crippen LogP contribution in [0.3, 0.4) is 0 Å². The Morgan fingerprint density at radius 1 is 0.968 bits per heavy atom. The van der Waals surface area contributed by atoms with Crippen LogP contribution < -0.4 is 0 Å². The minimum Gasteiger partial charge on any atom is -0.249 e. The highest BCUT2D eigenvalue weighted by molar-refractivity contribution is 7.98. The van der Waals surface area contributed by atoms with Crippen LogP contribution in [0.1, 0.15) is 22.4 Å². The Bertz CT molecular complexity index is 1200. The second-order valence-corrected chi connectivity index (χ2v) is 8.87. The lowest BCUT2D eigenvalue weighted by atomic mass is 10.2. The Morgan fingerprint density at radius 2 is 1.61 bits per heavy atom. The van der Waals surface area contributed by atoms with Crippen LogP contribution in [-0.2, 0) is 12.3 Å². The van der Waals surface area contributed by atoms with E-state index >= 15 is 0 Å². The van der Waals surface area contributed by atoms with E-state index in [1.54, 1.807) is 21.9 Å². The van der Waals surface area contributed by atoms with Crippen molar-refractivity contribution in [2.45, 2.75) is 24.4 Å². The summed E-state index contributed by atoms with van der Waals surface area (Å²) in [5, 5.41) is 19.7. The van der Waals surface area contributed by atoms with Gasteiger partial charge < -0.3 is 0 Å². The zero-order chi connectivity index (χ0) is 21.8. The van der Waals surface area contributed by atoms with Crippen molar-refractivity contribution in [3.63, 3.8) is 0 Å². The van der Waals surface area contributed by atoms with E-state index in [1.807, 2.05) is 55.5 Å². The predicted octanol–water partition coefficient (Wildman–Crippen LogP) is 5.97. The Morgan fingerprint density at radius 3 is 2.29 bits per heavy atom. The molecule has 2 aromatic carbocycles. The lowest BCUT2D eigenvalue weighted by Gasteiger charge is -2.04. The van der Waals surface area contributed by atoms with Gasteiger partial charge in [-0.2, -0.15) is 14.9 Å². The van der Waals surface area contributed by atoms with Crippen LogP contribution in [0.25, 0.3) is 0 Å². The van der Waals surface area contributed by atoms with Crippen molar-refractivity contribution in [2.75, 3.05) is 0 Å². The van der Waals surface area contributed by atoms with Crippen LogP contribution >= 0.6 is 46.6 Å². The summed E-state index contributed by atoms with van der Waals surface area (Å²) in [5.41, 5.74) is 3.72. The Kier molecular flexibility index (Phi) is 6.97. The monoisotopic (exact) mass is 490 g/mol. The third kappa shape index (κ3) is 5.49. The molecule has 31 heavy (non-hydrogen) atoms. The molecule has 0 aliphatic rings. The Balaban J connectivity index is 1.47. The van der Waals surface area contributed by atoms with Crippen molar-refractivity contribution in [3.05, 3.63) is 92.4 Å². The molecule has 2 heterocycles. The van der Waals surface area contributed by atoms with Gasteiger partial charge in [-0.15, -0.1) is 10.2 Å². The first kappa shape index (κ1) is 21.9. The van der Waals surface area contributed by atoms with Crippen LogP contribution in [0.4, 0.5) is 0 Å². The van der Waals surface area contributed by atoms with Crippen molar-refractivity contribution >= 4 is 52.8 Å². The number of nitrogens with zero attached hydrogens (tertiary/aromatic N) is 6. The molecule has 4 rings (SSSR count). The topological polar surface area (TPSA) is 60.9 Å². The number of hydrogen-bond donors (Lipinski definition) is 0. The first-order valence-electron chi connectivity index (χ1n) is 9.28. The van der Waals surface area contributed by atoms with Gasteiger partial charge in [-0.25, -0.2) is 4.68 Å². The molecule has 0 atom stereocenters. The molecule has 0 unspecified atom stereocenters. The lowest BCUT2D eigenvalue weighted by Crippen LogP contribution is -2.02. The molecule has 6 nitrogen and oxygen atoms in total. The van der Waals surface area contributed by atoms with E-state index in [0.717, 1.165) is 28.1 Å². The van der Waals surface area contributed by atoms with E-state index in [0.29, 0.717) is 26.9 Å². The zero-order valence-electron chi connectivity index (χ0n) is 16.4. The molecule has 10 heteroatoms. The molecule has 0 bridgehead atoms. The maximum Gasteiger partial charge on any atom is 0.212 e. The molecule has 0 saturated heterocycles. The van der Waals surface area contributed by atoms with E-state index in [-0.39, 0.29) is 0 Å². The molecule has 0 saturated carbocycles. The maximum atomic E-state index is 6.57. The molecule has 0 aliphatic carbocycles. The molecule has 2 aromatic heterocycles. The van der Waals surface area contributed by atoms with Gasteiger partial charge in [0.1, 0.15) is 11.5 Å². The molecule has 0 aliphatic heterocycles. The van der Waals surface area contributed by atoms with Crippen molar-refractivity contribution < 1.29 is 0 Å². The predicted molar refractivity (Wildman–Crippen MR) is 127 cm³/mol. The molecule has 0 spiro atoms. The largest absolute Gasteiger partial charge is 0.249 e. The summed E-state index contributed by atoms with van der Waals surface area (Å²) in [6.07, 6.45) is 3.24. The quantitative estimate of drug-likeness (QED) is 0.236. The first-order valence-corrected chi connectivity index (χ1v) is 11.4. The van der Waals surface area contributed by atoms with Gasteiger partial charge in [0, 0.05) is 15.8 Å². The standard InChI is InChI=1S/C21H17Cl3N6S/c1-14-19(20(24)29(28-14)11-15-2-6-17(22)7-3-15)10-26-30-13-25-27-21(30)31-12-16-4-8-18(23)9-5-16/h2-10,13H,11-12H2,1H3/b26-10+. The van der Waals surface area contributed by atoms with Crippen LogP contribution in [0.5, 0.6) is 0 Å². The molecular formula is C21H17Cl3N6S. The summed E-state index contributed by atoms with van der Waals surface area (Å²) in [4.78, 5) is 0. The summed E-state index contributed by atoms with van der Waals surface area (Å²) in [7, 11) is 0. The van der Waals surface area contributed by atoms with Gasteiger partial charge in [-0.1, -0.05) is 70.8 Å². The lowest BCUT2D eigenvalue weighted by molar-refractivity contribution is 0.680. The second-order valence-electron chi connectivity index (χ2n) is 6.69. The van der Waals surface area contributed by atoms with E-state index in [4.69, 9.17) is 34.8 Å². The van der Waals surface area contributed by atoms with Crippen LogP contribution in [0.2, 0.25) is 15.2 Å². The van der Waals surface area contributed by atoms with E-state index in [9.17, 15) is 0 Å². The van der Waals surface area contributed by atoms with Crippen LogP contribution in [-0.4, -0.2) is 30.9 Å². The third-order valence-corrected chi connectivity index (χ3v) is 6.35. The maximum absolute atomic E-state index is 6.57. The molecule has 0 amide bonds. The van der Waals surface area contributed by atoms with E-state index in [2.05, 4.69) is 20.4 Å². The average Bonchev–Trinajstić information content (AvgIpc) is 3.31. The van der Waals surface area contributed by atoms with Gasteiger partial charge >= 0.3 is 0 Å². The van der Waals surface area contributed by atoms with E-state index in [1.165, 1.54) is 11.8 Å². The smallest absolute Gasteiger partial charge is 0.212 e. The number of benzene rings is 2. The Labute approximate surface area is 198 Å². The number of halogens is 3. The molecular weight excluding hydrogens is 475 g/mol. The third-order valence-electron chi connectivity index (χ3n) is 4.45. The normalized spacial score (nSPS) is 11.5. The fourth-order valence-corrected chi connectivity index (χ4v) is 4.18. The van der Waals surface area contributed by atoms with Gasteiger partial charge in [-0.05, 0) is 42.3 Å². The summed E-state index contributed by atoms with van der Waals surface area (Å²) in [6.45, 7) is 2.44. The van der Waals surface area contributed by atoms with Gasteiger partial charge in [0.15, 0.2) is 0 Å². The summed E-state index contributed by atoms with van der Waals surface area (Å²) in [5.74, 6) is 0.726. The highest BCUT2D eigenvalue weighted by atomic mass is 35.5. The molecule has 0 radical (unpaired) electrons. The summed E-state index contributed by atoms with van der Waals surface area (Å²) >= 11 is 20.0. The second kappa shape index (κ2) is 9.87. The van der Waals surface area contributed by atoms with Gasteiger partial charge in [0.05, 0.1) is 24.0 Å². The number of aromatic nitrogens is 5. The number of rotatable bonds is 7. The van der Waals surface area contributed by atoms with Gasteiger partial charge in [0.2, 0.25) is 5.16 Å². The number of aryl methyl sites for hydroxylation is 1. The molecule has 0 fully saturated rings. The van der Waals surface area contributed by atoms with E-state index < -0.39 is 0 Å². The summed E-state index contributed by atoms with van der Waals surface area (Å²) in [6, 6.07) is 15.3. The molecule has 4 aromatic rings. The fraction of sp³-hybridized carbons (Fsp3) is 0.143. The Hall–Kier alpha value is -2.32. The van der Waals surface area contributed by atoms with Crippen molar-refractivity contribution in [2.24, 2.45) is 5.10 Å². The fourth-order valence-electron chi connectivity index (χ4n) is 2.82. The zero-order valence-corrected chi connectivity index (χ0v) is 19.5. The number of hydrogen-bond acceptors (Lipinski definition) is 5. The number of thioether (sulfide) groups is 1. The molecule has 158 valence electrons. The minimum absolute atomic E-state index is 0.514. The van der Waals surface area contributed by atoms with Gasteiger partial charge in [-0.3, -0.25) is 0 Å². The van der Waals surface area contributed by atoms with Crippen molar-refractivity contribution in [1.82, 2.24) is 24.7 Å². The minimum atomic E-state index is 0.514. The highest BCUT2D eigenvalue weighted by Gasteiger charge is 2.13. The van der Waals surface area contributed by atoms with Crippen molar-refractivity contribution in [3.8, 4) is 0 Å². The first-order chi connectivity index (χ1) is 15.0. The van der Waals surface area contributed by atoms with Gasteiger partial charge in [0.25, 0.3) is 0 Å². The summed E-state index contributed by atoms with van der Waals surface area (Å²) < 4.78 is 3.36. The SMILES string of the molecule is Cc1nn(Cc2ccc(Cl)cc2)c(Cl)c1/C=N/n1cnnc1SCc1ccc(Cl)cc1. The average molecular weight is 492 g/mol. The van der Waals surface area contributed by atoms with Crippen molar-refractivity contribution in [1.29, 1.82) is 0 Å². The van der Waals surface area contributed by atoms with Crippen LogP contribution in [0, 0.1) is 6.92 Å².